The fraction of sp³-hybridized carbons (Fsp3) is 0.375. The molecule has 0 bridgehead atoms. The Bertz CT molecular complexity index is 330. The highest BCUT2D eigenvalue weighted by Gasteiger charge is 2.09. The van der Waals surface area contributed by atoms with Gasteiger partial charge in [0.2, 0.25) is 0 Å². The summed E-state index contributed by atoms with van der Waals surface area (Å²) in [5, 5.41) is 0. The summed E-state index contributed by atoms with van der Waals surface area (Å²) in [7, 11) is 1.29. The number of hydrogen-bond acceptors (Lipinski definition) is 4. The molecule has 1 rings (SSSR count). The second-order valence-electron chi connectivity index (χ2n) is 2.61. The van der Waals surface area contributed by atoms with Crippen LogP contribution in [0.25, 0.3) is 0 Å². The molecular weight excluding hydrogens is 172 g/mol. The van der Waals surface area contributed by atoms with E-state index >= 15 is 0 Å². The second kappa shape index (κ2) is 3.84. The molecule has 0 aliphatic carbocycles. The third-order valence-electron chi connectivity index (χ3n) is 1.45. The molecule has 1 aromatic heterocycles. The van der Waals surface area contributed by atoms with E-state index in [1.54, 1.807) is 0 Å². The number of aromatic nitrogens is 2. The highest BCUT2D eigenvalue weighted by molar-refractivity contribution is 5.87. The average Bonchev–Trinajstić information content (AvgIpc) is 2.50. The lowest BCUT2D eigenvalue weighted by Gasteiger charge is -1.92. The first-order valence-corrected chi connectivity index (χ1v) is 3.75. The molecule has 0 aliphatic heterocycles. The number of methoxy groups -OCH3 is 1. The molecule has 0 fully saturated rings. The van der Waals surface area contributed by atoms with Crippen molar-refractivity contribution in [3.63, 3.8) is 0 Å². The van der Waals surface area contributed by atoms with E-state index in [9.17, 15) is 9.59 Å². The molecule has 5 heteroatoms. The van der Waals surface area contributed by atoms with E-state index in [0.29, 0.717) is 5.82 Å². The zero-order chi connectivity index (χ0) is 9.84. The van der Waals surface area contributed by atoms with Gasteiger partial charge in [-0.05, 0) is 6.92 Å². The van der Waals surface area contributed by atoms with Crippen molar-refractivity contribution in [1.82, 2.24) is 9.97 Å². The van der Waals surface area contributed by atoms with Gasteiger partial charge in [-0.25, -0.2) is 9.78 Å². The van der Waals surface area contributed by atoms with Crippen LogP contribution in [0.4, 0.5) is 0 Å². The lowest BCUT2D eigenvalue weighted by Crippen LogP contribution is -2.03. The Morgan fingerprint density at radius 1 is 1.62 bits per heavy atom. The zero-order valence-electron chi connectivity index (χ0n) is 7.46. The van der Waals surface area contributed by atoms with Crippen molar-refractivity contribution in [3.05, 3.63) is 17.7 Å². The minimum Gasteiger partial charge on any atom is -0.464 e. The van der Waals surface area contributed by atoms with Crippen LogP contribution in [0.1, 0.15) is 23.2 Å². The van der Waals surface area contributed by atoms with E-state index in [0.717, 1.165) is 0 Å². The monoisotopic (exact) mass is 182 g/mol. The van der Waals surface area contributed by atoms with Gasteiger partial charge in [-0.3, -0.25) is 4.79 Å². The maximum absolute atomic E-state index is 10.9. The smallest absolute Gasteiger partial charge is 0.356 e. The number of ether oxygens (including phenoxy) is 1. The van der Waals surface area contributed by atoms with Gasteiger partial charge < -0.3 is 9.72 Å². The summed E-state index contributed by atoms with van der Waals surface area (Å²) < 4.78 is 4.46. The number of nitrogens with zero attached hydrogens (tertiary/aromatic N) is 1. The number of ketones is 1. The number of esters is 1. The van der Waals surface area contributed by atoms with Crippen LogP contribution in [-0.2, 0) is 16.0 Å². The Morgan fingerprint density at radius 2 is 2.31 bits per heavy atom. The van der Waals surface area contributed by atoms with Gasteiger partial charge in [0.15, 0.2) is 0 Å². The quantitative estimate of drug-likeness (QED) is 0.683. The van der Waals surface area contributed by atoms with Crippen LogP contribution in [0.3, 0.4) is 0 Å². The summed E-state index contributed by atoms with van der Waals surface area (Å²) in [5.74, 6) is -0.0130. The van der Waals surface area contributed by atoms with E-state index in [-0.39, 0.29) is 17.9 Å². The van der Waals surface area contributed by atoms with Gasteiger partial charge in [0.25, 0.3) is 0 Å². The maximum Gasteiger partial charge on any atom is 0.356 e. The molecule has 70 valence electrons. The molecular formula is C8H10N2O3. The Hall–Kier alpha value is -1.65. The molecule has 13 heavy (non-hydrogen) atoms. The van der Waals surface area contributed by atoms with Crippen LogP contribution < -0.4 is 0 Å². The molecule has 0 atom stereocenters. The van der Waals surface area contributed by atoms with Crippen molar-refractivity contribution in [2.45, 2.75) is 13.3 Å². The Kier molecular flexibility index (Phi) is 2.79. The van der Waals surface area contributed by atoms with Crippen molar-refractivity contribution in [2.75, 3.05) is 7.11 Å². The van der Waals surface area contributed by atoms with Gasteiger partial charge in [-0.15, -0.1) is 0 Å². The van der Waals surface area contributed by atoms with E-state index in [4.69, 9.17) is 0 Å². The van der Waals surface area contributed by atoms with E-state index in [1.165, 1.54) is 20.2 Å². The molecule has 0 aliphatic rings. The number of rotatable bonds is 3. The minimum absolute atomic E-state index is 0.00855. The third kappa shape index (κ3) is 2.40. The van der Waals surface area contributed by atoms with Crippen LogP contribution in [0.5, 0.6) is 0 Å². The van der Waals surface area contributed by atoms with Gasteiger partial charge >= 0.3 is 5.97 Å². The maximum atomic E-state index is 10.9. The second-order valence-corrected chi connectivity index (χ2v) is 2.61. The number of nitrogens with one attached hydrogen (secondary N) is 1. The zero-order valence-corrected chi connectivity index (χ0v) is 7.46. The van der Waals surface area contributed by atoms with Gasteiger partial charge in [0.05, 0.1) is 19.7 Å². The van der Waals surface area contributed by atoms with E-state index in [1.807, 2.05) is 0 Å². The first-order chi connectivity index (χ1) is 6.13. The number of carbonyl (C=O) groups is 2. The molecule has 5 nitrogen and oxygen atoms in total. The van der Waals surface area contributed by atoms with Crippen molar-refractivity contribution in [1.29, 1.82) is 0 Å². The standard InChI is InChI=1S/C8H10N2O3/c1-5(11)3-7-9-4-6(10-7)8(12)13-2/h4H,3H2,1-2H3,(H,9,10). The molecule has 0 radical (unpaired) electrons. The highest BCUT2D eigenvalue weighted by atomic mass is 16.5. The summed E-state index contributed by atoms with van der Waals surface area (Å²) in [6.07, 6.45) is 1.56. The molecule has 0 spiro atoms. The number of Topliss-reactive ketones (excluding diaryl/α,β-unsaturated/α-hetero) is 1. The molecule has 0 unspecified atom stereocenters. The third-order valence-corrected chi connectivity index (χ3v) is 1.45. The van der Waals surface area contributed by atoms with Crippen molar-refractivity contribution >= 4 is 11.8 Å². The minimum atomic E-state index is -0.484. The van der Waals surface area contributed by atoms with Crippen molar-refractivity contribution in [2.24, 2.45) is 0 Å². The molecule has 0 amide bonds. The fourth-order valence-electron chi connectivity index (χ4n) is 0.902. The summed E-state index contributed by atoms with van der Waals surface area (Å²) in [4.78, 5) is 28.2. The summed E-state index contributed by atoms with van der Waals surface area (Å²) in [6.45, 7) is 1.46. The van der Waals surface area contributed by atoms with Crippen LogP contribution in [-0.4, -0.2) is 28.8 Å². The fourth-order valence-corrected chi connectivity index (χ4v) is 0.902. The van der Waals surface area contributed by atoms with Crippen molar-refractivity contribution in [3.8, 4) is 0 Å². The molecule has 0 aromatic carbocycles. The predicted octanol–water partition coefficient (Wildman–Crippen LogP) is 0.328. The Labute approximate surface area is 75.1 Å². The summed E-state index contributed by atoms with van der Waals surface area (Å²) in [5.41, 5.74) is 0.263. The number of imidazole rings is 1. The Balaban J connectivity index is 2.74. The summed E-state index contributed by atoms with van der Waals surface area (Å²) in [6, 6.07) is 0. The molecule has 0 saturated heterocycles. The molecule has 1 heterocycles. The average molecular weight is 182 g/mol. The van der Waals surface area contributed by atoms with Crippen molar-refractivity contribution < 1.29 is 14.3 Å². The lowest BCUT2D eigenvalue weighted by atomic mass is 10.3. The van der Waals surface area contributed by atoms with Crippen LogP contribution in [0.2, 0.25) is 0 Å². The number of aromatic amines is 1. The number of H-pyrrole nitrogens is 1. The topological polar surface area (TPSA) is 72.0 Å². The number of hydrogen-bond donors (Lipinski definition) is 1. The first kappa shape index (κ1) is 9.44. The van der Waals surface area contributed by atoms with Gasteiger partial charge in [-0.1, -0.05) is 0 Å². The predicted molar refractivity (Wildman–Crippen MR) is 44.3 cm³/mol. The first-order valence-electron chi connectivity index (χ1n) is 3.75. The number of carbonyl (C=O) groups excluding carboxylic acids is 2. The van der Waals surface area contributed by atoms with Crippen LogP contribution in [0.15, 0.2) is 6.20 Å². The normalized spacial score (nSPS) is 9.69. The molecule has 1 aromatic rings. The summed E-state index contributed by atoms with van der Waals surface area (Å²) >= 11 is 0. The van der Waals surface area contributed by atoms with E-state index in [2.05, 4.69) is 14.7 Å². The van der Waals surface area contributed by atoms with E-state index < -0.39 is 5.97 Å². The van der Waals surface area contributed by atoms with Gasteiger partial charge in [-0.2, -0.15) is 0 Å². The van der Waals surface area contributed by atoms with Crippen LogP contribution >= 0.6 is 0 Å². The van der Waals surface area contributed by atoms with Crippen LogP contribution in [0, 0.1) is 0 Å². The molecule has 0 saturated carbocycles. The van der Waals surface area contributed by atoms with Gasteiger partial charge in [0, 0.05) is 0 Å². The molecule has 1 N–H and O–H groups in total. The Morgan fingerprint density at radius 3 is 2.85 bits per heavy atom. The van der Waals surface area contributed by atoms with Gasteiger partial charge in [0.1, 0.15) is 17.3 Å². The highest BCUT2D eigenvalue weighted by Crippen LogP contribution is 1.99. The SMILES string of the molecule is COC(=O)c1cnc(CC(C)=O)[nH]1. The largest absolute Gasteiger partial charge is 0.464 e. The lowest BCUT2D eigenvalue weighted by molar-refractivity contribution is -0.116.